The van der Waals surface area contributed by atoms with E-state index in [0.29, 0.717) is 19.3 Å². The Labute approximate surface area is 194 Å². The maximum atomic E-state index is 15.5. The molecule has 1 N–H and O–H groups in total. The van der Waals surface area contributed by atoms with Crippen molar-refractivity contribution in [2.75, 3.05) is 50.7 Å². The summed E-state index contributed by atoms with van der Waals surface area (Å²) in [7, 11) is 0. The fourth-order valence-corrected chi connectivity index (χ4v) is 6.35. The van der Waals surface area contributed by atoms with E-state index < -0.39 is 5.67 Å². The van der Waals surface area contributed by atoms with Crippen molar-refractivity contribution in [3.05, 3.63) is 29.6 Å². The van der Waals surface area contributed by atoms with E-state index in [2.05, 4.69) is 44.8 Å². The molecular formula is C25H35FN4OS. The molecule has 0 unspecified atom stereocenters. The number of halogens is 1. The highest BCUT2D eigenvalue weighted by Gasteiger charge is 2.36. The van der Waals surface area contributed by atoms with E-state index in [1.807, 2.05) is 4.90 Å². The van der Waals surface area contributed by atoms with Crippen molar-refractivity contribution in [1.29, 1.82) is 0 Å². The zero-order valence-electron chi connectivity index (χ0n) is 18.9. The summed E-state index contributed by atoms with van der Waals surface area (Å²) in [6, 6.07) is 8.97. The van der Waals surface area contributed by atoms with Crippen LogP contribution in [0, 0.1) is 0 Å². The number of fused-ring (bicyclic) bond motifs is 1. The highest BCUT2D eigenvalue weighted by Crippen LogP contribution is 2.36. The molecule has 2 aromatic rings. The minimum Gasteiger partial charge on any atom is -0.368 e. The quantitative estimate of drug-likeness (QED) is 0.695. The molecule has 3 heterocycles. The van der Waals surface area contributed by atoms with Gasteiger partial charge in [0.2, 0.25) is 0 Å². The number of carbonyl (C=O) groups excluding carboxylic acids is 1. The number of likely N-dealkylation sites (tertiary alicyclic amines) is 1. The van der Waals surface area contributed by atoms with Gasteiger partial charge in [0.1, 0.15) is 5.67 Å². The minimum absolute atomic E-state index is 0.0508. The minimum atomic E-state index is -1.08. The largest absolute Gasteiger partial charge is 0.368 e. The lowest BCUT2D eigenvalue weighted by atomic mass is 9.81. The number of carbonyl (C=O) groups is 1. The van der Waals surface area contributed by atoms with E-state index in [4.69, 9.17) is 0 Å². The highest BCUT2D eigenvalue weighted by molar-refractivity contribution is 7.17. The number of thiophene rings is 1. The summed E-state index contributed by atoms with van der Waals surface area (Å²) in [5.41, 5.74) is 0.258. The van der Waals surface area contributed by atoms with E-state index in [1.165, 1.54) is 15.8 Å². The van der Waals surface area contributed by atoms with Gasteiger partial charge in [0.15, 0.2) is 0 Å². The van der Waals surface area contributed by atoms with Crippen LogP contribution in [0.2, 0.25) is 0 Å². The third-order valence-corrected chi connectivity index (χ3v) is 8.55. The first-order valence-electron chi connectivity index (χ1n) is 12.3. The monoisotopic (exact) mass is 458 g/mol. The number of nitrogens with zero attached hydrogens (tertiary/aromatic N) is 3. The van der Waals surface area contributed by atoms with Crippen LogP contribution in [0.4, 0.5) is 14.9 Å². The number of hydrogen-bond donors (Lipinski definition) is 1. The first-order valence-corrected chi connectivity index (χ1v) is 13.2. The Bertz CT molecular complexity index is 912. The van der Waals surface area contributed by atoms with E-state index in [-0.39, 0.29) is 12.1 Å². The van der Waals surface area contributed by atoms with Crippen LogP contribution < -0.4 is 10.2 Å². The topological polar surface area (TPSA) is 38.8 Å². The molecule has 5 rings (SSSR count). The first-order chi connectivity index (χ1) is 15.6. The predicted molar refractivity (Wildman–Crippen MR) is 131 cm³/mol. The van der Waals surface area contributed by atoms with Gasteiger partial charge >= 0.3 is 6.03 Å². The van der Waals surface area contributed by atoms with Gasteiger partial charge in [-0.3, -0.25) is 4.90 Å². The number of anilines is 1. The summed E-state index contributed by atoms with van der Waals surface area (Å²) in [6.45, 7) is 6.54. The zero-order chi connectivity index (χ0) is 22.0. The molecule has 0 spiro atoms. The van der Waals surface area contributed by atoms with Crippen molar-refractivity contribution in [3.8, 4) is 0 Å². The Balaban J connectivity index is 1.05. The summed E-state index contributed by atoms with van der Waals surface area (Å²) < 4.78 is 16.8. The molecule has 2 amide bonds. The number of nitrogens with one attached hydrogen (secondary N) is 1. The third kappa shape index (κ3) is 4.88. The number of hydrogen-bond acceptors (Lipinski definition) is 4. The fourth-order valence-electron chi connectivity index (χ4n) is 5.54. The second kappa shape index (κ2) is 9.56. The Hall–Kier alpha value is -1.86. The lowest BCUT2D eigenvalue weighted by molar-refractivity contribution is 0.0679. The third-order valence-electron chi connectivity index (χ3n) is 7.66. The van der Waals surface area contributed by atoms with Crippen molar-refractivity contribution in [3.63, 3.8) is 0 Å². The van der Waals surface area contributed by atoms with Gasteiger partial charge in [0, 0.05) is 67.6 Å². The van der Waals surface area contributed by atoms with Crippen LogP contribution in [0.15, 0.2) is 29.6 Å². The number of alkyl halides is 1. The van der Waals surface area contributed by atoms with Crippen molar-refractivity contribution in [1.82, 2.24) is 15.1 Å². The normalized spacial score (nSPS) is 27.2. The van der Waals surface area contributed by atoms with Crippen LogP contribution >= 0.6 is 11.3 Å². The Morgan fingerprint density at radius 1 is 1.06 bits per heavy atom. The fraction of sp³-hybridized carbons (Fsp3) is 0.640. The average molecular weight is 459 g/mol. The van der Waals surface area contributed by atoms with Crippen molar-refractivity contribution in [2.45, 2.75) is 56.7 Å². The lowest BCUT2D eigenvalue weighted by Crippen LogP contribution is -2.49. The maximum Gasteiger partial charge on any atom is 0.317 e. The summed E-state index contributed by atoms with van der Waals surface area (Å²) in [5.74, 6) is 0. The number of amides is 2. The Kier molecular flexibility index (Phi) is 6.56. The molecule has 5 nitrogen and oxygen atoms in total. The molecule has 0 bridgehead atoms. The van der Waals surface area contributed by atoms with Gasteiger partial charge in [-0.2, -0.15) is 0 Å². The molecule has 174 valence electrons. The number of piperazine rings is 1. The SMILES string of the molecule is O=C(NC1CCC(F)(CCN2CCN(c3cccc4sccc34)CC2)CC1)N1CCCC1. The van der Waals surface area contributed by atoms with E-state index in [0.717, 1.165) is 71.5 Å². The molecule has 2 saturated heterocycles. The summed E-state index contributed by atoms with van der Waals surface area (Å²) in [6.07, 6.45) is 5.46. The molecule has 0 atom stereocenters. The van der Waals surface area contributed by atoms with Gasteiger partial charge in [-0.25, -0.2) is 9.18 Å². The highest BCUT2D eigenvalue weighted by atomic mass is 32.1. The van der Waals surface area contributed by atoms with Crippen LogP contribution in [0.3, 0.4) is 0 Å². The van der Waals surface area contributed by atoms with E-state index in [9.17, 15) is 4.79 Å². The van der Waals surface area contributed by atoms with Gasteiger partial charge in [-0.15, -0.1) is 11.3 Å². The van der Waals surface area contributed by atoms with Gasteiger partial charge in [0.05, 0.1) is 0 Å². The van der Waals surface area contributed by atoms with E-state index >= 15 is 4.39 Å². The molecular weight excluding hydrogens is 423 g/mol. The molecule has 32 heavy (non-hydrogen) atoms. The van der Waals surface area contributed by atoms with Crippen molar-refractivity contribution < 1.29 is 9.18 Å². The predicted octanol–water partition coefficient (Wildman–Crippen LogP) is 4.87. The van der Waals surface area contributed by atoms with Gasteiger partial charge in [-0.05, 0) is 68.5 Å². The summed E-state index contributed by atoms with van der Waals surface area (Å²) >= 11 is 1.79. The van der Waals surface area contributed by atoms with Gasteiger partial charge < -0.3 is 15.1 Å². The average Bonchev–Trinajstić information content (AvgIpc) is 3.52. The number of urea groups is 1. The molecule has 1 saturated carbocycles. The maximum absolute atomic E-state index is 15.5. The molecule has 1 aromatic carbocycles. The zero-order valence-corrected chi connectivity index (χ0v) is 19.7. The summed E-state index contributed by atoms with van der Waals surface area (Å²) in [5, 5.41) is 6.65. The second-order valence-electron chi connectivity index (χ2n) is 9.76. The molecule has 1 aromatic heterocycles. The molecule has 0 radical (unpaired) electrons. The van der Waals surface area contributed by atoms with Crippen molar-refractivity contribution in [2.24, 2.45) is 0 Å². The smallest absolute Gasteiger partial charge is 0.317 e. The van der Waals surface area contributed by atoms with Gasteiger partial charge in [-0.1, -0.05) is 6.07 Å². The molecule has 7 heteroatoms. The van der Waals surface area contributed by atoms with Crippen LogP contribution in [0.5, 0.6) is 0 Å². The number of rotatable bonds is 5. The second-order valence-corrected chi connectivity index (χ2v) is 10.7. The Morgan fingerprint density at radius 2 is 1.81 bits per heavy atom. The number of benzene rings is 1. The van der Waals surface area contributed by atoms with E-state index in [1.54, 1.807) is 11.3 Å². The summed E-state index contributed by atoms with van der Waals surface area (Å²) in [4.78, 5) is 19.1. The molecule has 1 aliphatic carbocycles. The van der Waals surface area contributed by atoms with Crippen LogP contribution in [-0.2, 0) is 0 Å². The lowest BCUT2D eigenvalue weighted by Gasteiger charge is -2.39. The first kappa shape index (κ1) is 22.0. The van der Waals surface area contributed by atoms with Gasteiger partial charge in [0.25, 0.3) is 0 Å². The van der Waals surface area contributed by atoms with Crippen LogP contribution in [0.1, 0.15) is 44.9 Å². The molecule has 3 aliphatic rings. The standard InChI is InChI=1S/C25H35FN4OS/c26-25(9-6-20(7-10-25)27-24(31)30-12-1-2-13-30)11-14-28-15-17-29(18-16-28)22-4-3-5-23-21(22)8-19-32-23/h3-5,8,19-20H,1-2,6-7,9-18H2,(H,27,31). The molecule has 3 fully saturated rings. The molecule has 2 aliphatic heterocycles. The van der Waals surface area contributed by atoms with Crippen LogP contribution in [0.25, 0.3) is 10.1 Å². The van der Waals surface area contributed by atoms with Crippen LogP contribution in [-0.4, -0.2) is 73.4 Å². The van der Waals surface area contributed by atoms with Crippen molar-refractivity contribution >= 4 is 33.1 Å². The Morgan fingerprint density at radius 3 is 2.56 bits per heavy atom.